The van der Waals surface area contributed by atoms with Crippen molar-refractivity contribution in [2.24, 2.45) is 5.41 Å². The Hall–Kier alpha value is -0.280. The van der Waals surface area contributed by atoms with Crippen LogP contribution in [-0.2, 0) is 9.53 Å². The van der Waals surface area contributed by atoms with Crippen molar-refractivity contribution in [3.05, 3.63) is 0 Å². The molecule has 1 saturated carbocycles. The fourth-order valence-electron chi connectivity index (χ4n) is 2.45. The lowest BCUT2D eigenvalue weighted by Gasteiger charge is -2.33. The second kappa shape index (κ2) is 7.22. The van der Waals surface area contributed by atoms with Gasteiger partial charge in [0.05, 0.1) is 12.6 Å². The summed E-state index contributed by atoms with van der Waals surface area (Å²) in [6.45, 7) is 2.61. The first-order valence-corrected chi connectivity index (χ1v) is 7.02. The van der Waals surface area contributed by atoms with Gasteiger partial charge in [-0.25, -0.2) is 0 Å². The lowest BCUT2D eigenvalue weighted by Crippen LogP contribution is -2.46. The summed E-state index contributed by atoms with van der Waals surface area (Å²) in [5.41, 5.74) is -0.184. The monoisotopic (exact) mass is 261 g/mol. The summed E-state index contributed by atoms with van der Waals surface area (Å²) in [6.07, 6.45) is 6.34. The number of amides is 1. The van der Waals surface area contributed by atoms with E-state index in [1.54, 1.807) is 7.11 Å². The maximum Gasteiger partial charge on any atom is 0.226 e. The lowest BCUT2D eigenvalue weighted by atomic mass is 9.75. The van der Waals surface area contributed by atoms with Gasteiger partial charge < -0.3 is 10.1 Å². The topological polar surface area (TPSA) is 38.3 Å². The maximum atomic E-state index is 12.3. The molecule has 0 aromatic carbocycles. The zero-order valence-corrected chi connectivity index (χ0v) is 11.7. The lowest BCUT2D eigenvalue weighted by molar-refractivity contribution is -0.133. The fraction of sp³-hybridized carbons (Fsp3) is 0.923. The van der Waals surface area contributed by atoms with E-state index in [0.717, 1.165) is 32.1 Å². The summed E-state index contributed by atoms with van der Waals surface area (Å²) < 4.78 is 5.10. The third-order valence-electron chi connectivity index (χ3n) is 3.67. The van der Waals surface area contributed by atoms with Crippen LogP contribution < -0.4 is 5.32 Å². The van der Waals surface area contributed by atoms with Crippen LogP contribution in [0, 0.1) is 5.41 Å². The molecule has 0 spiro atoms. The van der Waals surface area contributed by atoms with E-state index in [-0.39, 0.29) is 17.4 Å². The molecule has 17 heavy (non-hydrogen) atoms. The van der Waals surface area contributed by atoms with Crippen LogP contribution in [0.15, 0.2) is 0 Å². The molecule has 1 amide bonds. The van der Waals surface area contributed by atoms with Crippen molar-refractivity contribution in [3.63, 3.8) is 0 Å². The first-order valence-electron chi connectivity index (χ1n) is 6.48. The van der Waals surface area contributed by atoms with Gasteiger partial charge in [0.25, 0.3) is 0 Å². The van der Waals surface area contributed by atoms with Crippen LogP contribution in [0.1, 0.15) is 45.4 Å². The van der Waals surface area contributed by atoms with Crippen molar-refractivity contribution < 1.29 is 9.53 Å². The molecule has 0 aromatic heterocycles. The van der Waals surface area contributed by atoms with Gasteiger partial charge in [0.2, 0.25) is 5.91 Å². The Morgan fingerprint density at radius 1 is 1.41 bits per heavy atom. The molecule has 1 N–H and O–H groups in total. The molecular formula is C13H24ClNO2. The van der Waals surface area contributed by atoms with Gasteiger partial charge in [0.15, 0.2) is 0 Å². The SMILES string of the molecule is COCC(CCCl)NC(=O)C1(C)CCCCC1. The molecule has 1 aliphatic rings. The van der Waals surface area contributed by atoms with E-state index < -0.39 is 0 Å². The predicted molar refractivity (Wildman–Crippen MR) is 70.3 cm³/mol. The first kappa shape index (κ1) is 14.8. The molecule has 1 unspecified atom stereocenters. The number of methoxy groups -OCH3 is 1. The normalized spacial score (nSPS) is 20.9. The molecule has 0 heterocycles. The Balaban J connectivity index is 2.49. The maximum absolute atomic E-state index is 12.3. The molecule has 3 nitrogen and oxygen atoms in total. The number of hydrogen-bond acceptors (Lipinski definition) is 2. The minimum absolute atomic E-state index is 0.0451. The number of nitrogens with one attached hydrogen (secondary N) is 1. The zero-order valence-electron chi connectivity index (χ0n) is 10.9. The smallest absolute Gasteiger partial charge is 0.226 e. The van der Waals surface area contributed by atoms with Gasteiger partial charge in [-0.15, -0.1) is 11.6 Å². The molecule has 1 fully saturated rings. The molecule has 0 saturated heterocycles. The minimum atomic E-state index is -0.184. The van der Waals surface area contributed by atoms with E-state index in [4.69, 9.17) is 16.3 Å². The van der Waals surface area contributed by atoms with Gasteiger partial charge >= 0.3 is 0 Å². The van der Waals surface area contributed by atoms with E-state index in [1.165, 1.54) is 6.42 Å². The van der Waals surface area contributed by atoms with E-state index in [0.29, 0.717) is 12.5 Å². The molecule has 0 bridgehead atoms. The second-order valence-electron chi connectivity index (χ2n) is 5.22. The van der Waals surface area contributed by atoms with Gasteiger partial charge in [-0.1, -0.05) is 26.2 Å². The summed E-state index contributed by atoms with van der Waals surface area (Å²) in [5.74, 6) is 0.717. The Bertz CT molecular complexity index is 234. The van der Waals surface area contributed by atoms with Crippen molar-refractivity contribution in [1.82, 2.24) is 5.32 Å². The molecule has 0 radical (unpaired) electrons. The number of ether oxygens (including phenoxy) is 1. The fourth-order valence-corrected chi connectivity index (χ4v) is 2.71. The molecule has 0 aromatic rings. The Labute approximate surface area is 109 Å². The summed E-state index contributed by atoms with van der Waals surface area (Å²) in [6, 6.07) is 0.0451. The zero-order chi connectivity index (χ0) is 12.7. The number of rotatable bonds is 6. The largest absolute Gasteiger partial charge is 0.383 e. The standard InChI is InChI=1S/C13H24ClNO2/c1-13(7-4-3-5-8-13)12(16)15-11(6-9-14)10-17-2/h11H,3-10H2,1-2H3,(H,15,16). The summed E-state index contributed by atoms with van der Waals surface area (Å²) in [7, 11) is 1.65. The number of alkyl halides is 1. The highest BCUT2D eigenvalue weighted by molar-refractivity contribution is 6.17. The highest BCUT2D eigenvalue weighted by Gasteiger charge is 2.35. The van der Waals surface area contributed by atoms with Crippen LogP contribution in [0.5, 0.6) is 0 Å². The van der Waals surface area contributed by atoms with E-state index in [9.17, 15) is 4.79 Å². The van der Waals surface area contributed by atoms with Gasteiger partial charge in [-0.3, -0.25) is 4.79 Å². The van der Waals surface area contributed by atoms with Crippen LogP contribution >= 0.6 is 11.6 Å². The van der Waals surface area contributed by atoms with Crippen LogP contribution in [0.25, 0.3) is 0 Å². The Kier molecular flexibility index (Phi) is 6.28. The molecule has 0 aliphatic heterocycles. The van der Waals surface area contributed by atoms with Crippen LogP contribution in [0.4, 0.5) is 0 Å². The summed E-state index contributed by atoms with van der Waals surface area (Å²) >= 11 is 5.73. The molecule has 1 rings (SSSR count). The van der Waals surface area contributed by atoms with Crippen molar-refractivity contribution in [1.29, 1.82) is 0 Å². The third-order valence-corrected chi connectivity index (χ3v) is 3.88. The molecule has 1 atom stereocenters. The van der Waals surface area contributed by atoms with Crippen molar-refractivity contribution in [3.8, 4) is 0 Å². The average molecular weight is 262 g/mol. The summed E-state index contributed by atoms with van der Waals surface area (Å²) in [4.78, 5) is 12.3. The highest BCUT2D eigenvalue weighted by Crippen LogP contribution is 2.35. The first-order chi connectivity index (χ1) is 8.12. The summed E-state index contributed by atoms with van der Waals surface area (Å²) in [5, 5.41) is 3.08. The van der Waals surface area contributed by atoms with Crippen LogP contribution in [-0.4, -0.2) is 31.5 Å². The Morgan fingerprint density at radius 3 is 2.59 bits per heavy atom. The van der Waals surface area contributed by atoms with Gasteiger partial charge in [-0.2, -0.15) is 0 Å². The van der Waals surface area contributed by atoms with E-state index in [1.807, 2.05) is 0 Å². The van der Waals surface area contributed by atoms with Crippen molar-refractivity contribution >= 4 is 17.5 Å². The number of halogens is 1. The molecule has 100 valence electrons. The van der Waals surface area contributed by atoms with Crippen LogP contribution in [0.2, 0.25) is 0 Å². The second-order valence-corrected chi connectivity index (χ2v) is 5.60. The van der Waals surface area contributed by atoms with E-state index >= 15 is 0 Å². The minimum Gasteiger partial charge on any atom is -0.383 e. The number of carbonyl (C=O) groups excluding carboxylic acids is 1. The molecular weight excluding hydrogens is 238 g/mol. The highest BCUT2D eigenvalue weighted by atomic mass is 35.5. The average Bonchev–Trinajstić information content (AvgIpc) is 2.30. The van der Waals surface area contributed by atoms with Gasteiger partial charge in [0.1, 0.15) is 0 Å². The van der Waals surface area contributed by atoms with Crippen LogP contribution in [0.3, 0.4) is 0 Å². The molecule has 4 heteroatoms. The van der Waals surface area contributed by atoms with Gasteiger partial charge in [0, 0.05) is 18.4 Å². The predicted octanol–water partition coefficient (Wildman–Crippen LogP) is 2.72. The molecule has 1 aliphatic carbocycles. The quantitative estimate of drug-likeness (QED) is 0.747. The van der Waals surface area contributed by atoms with Gasteiger partial charge in [-0.05, 0) is 19.3 Å². The number of carbonyl (C=O) groups is 1. The Morgan fingerprint density at radius 2 is 2.06 bits per heavy atom. The van der Waals surface area contributed by atoms with Crippen molar-refractivity contribution in [2.75, 3.05) is 19.6 Å². The van der Waals surface area contributed by atoms with Crippen molar-refractivity contribution in [2.45, 2.75) is 51.5 Å². The van der Waals surface area contributed by atoms with E-state index in [2.05, 4.69) is 12.2 Å². The number of hydrogen-bond donors (Lipinski definition) is 1. The third kappa shape index (κ3) is 4.47.